The predicted octanol–water partition coefficient (Wildman–Crippen LogP) is 0.948. The van der Waals surface area contributed by atoms with E-state index in [4.69, 9.17) is 4.52 Å². The molecule has 0 aliphatic heterocycles. The monoisotopic (exact) mass is 448 g/mol. The molecule has 2 N–H and O–H groups in total. The van der Waals surface area contributed by atoms with E-state index >= 15 is 0 Å². The van der Waals surface area contributed by atoms with Crippen molar-refractivity contribution in [2.45, 2.75) is 40.2 Å². The van der Waals surface area contributed by atoms with Gasteiger partial charge in [-0.3, -0.25) is 4.99 Å². The first-order valence-electron chi connectivity index (χ1n) is 7.91. The zero-order valence-electron chi connectivity index (χ0n) is 14.3. The van der Waals surface area contributed by atoms with E-state index in [0.717, 1.165) is 37.8 Å². The molecule has 2 aromatic rings. The summed E-state index contributed by atoms with van der Waals surface area (Å²) in [6.45, 7) is 8.84. The van der Waals surface area contributed by atoms with Crippen LogP contribution < -0.4 is 10.6 Å². The molecular formula is C14H25IN8O. The van der Waals surface area contributed by atoms with Crippen LogP contribution in [0.5, 0.6) is 0 Å². The van der Waals surface area contributed by atoms with Gasteiger partial charge in [-0.25, -0.2) is 0 Å². The van der Waals surface area contributed by atoms with E-state index < -0.39 is 0 Å². The quantitative estimate of drug-likeness (QED) is 0.352. The molecule has 0 saturated carbocycles. The molecule has 0 saturated heterocycles. The second-order valence-corrected chi connectivity index (χ2v) is 4.97. The topological polar surface area (TPSA) is 106 Å². The molecule has 0 amide bonds. The molecule has 0 bridgehead atoms. The number of hydrogen-bond donors (Lipinski definition) is 2. The molecule has 10 heteroatoms. The number of guanidine groups is 1. The van der Waals surface area contributed by atoms with E-state index in [1.54, 1.807) is 13.3 Å². The minimum Gasteiger partial charge on any atom is -0.357 e. The van der Waals surface area contributed by atoms with Gasteiger partial charge in [0.15, 0.2) is 11.8 Å². The van der Waals surface area contributed by atoms with E-state index in [-0.39, 0.29) is 24.0 Å². The molecular weight excluding hydrogens is 423 g/mol. The SMILES string of the molecule is CCNC(=NCCc1nc(C)no1)NCCn1cnnc1CC.I. The van der Waals surface area contributed by atoms with Gasteiger partial charge in [0.2, 0.25) is 5.89 Å². The summed E-state index contributed by atoms with van der Waals surface area (Å²) in [5.74, 6) is 3.02. The lowest BCUT2D eigenvalue weighted by Crippen LogP contribution is -2.39. The largest absolute Gasteiger partial charge is 0.357 e. The fraction of sp³-hybridized carbons (Fsp3) is 0.643. The lowest BCUT2D eigenvalue weighted by molar-refractivity contribution is 0.376. The summed E-state index contributed by atoms with van der Waals surface area (Å²) in [5.41, 5.74) is 0. The lowest BCUT2D eigenvalue weighted by Gasteiger charge is -2.12. The summed E-state index contributed by atoms with van der Waals surface area (Å²) in [6.07, 6.45) is 3.25. The summed E-state index contributed by atoms with van der Waals surface area (Å²) in [7, 11) is 0. The van der Waals surface area contributed by atoms with E-state index in [1.807, 2.05) is 11.5 Å². The molecule has 0 fully saturated rings. The van der Waals surface area contributed by atoms with Gasteiger partial charge in [0.25, 0.3) is 0 Å². The van der Waals surface area contributed by atoms with E-state index in [9.17, 15) is 0 Å². The Bertz CT molecular complexity index is 624. The molecule has 0 unspecified atom stereocenters. The summed E-state index contributed by atoms with van der Waals surface area (Å²) < 4.78 is 7.11. The Labute approximate surface area is 158 Å². The van der Waals surface area contributed by atoms with Gasteiger partial charge in [0, 0.05) is 32.5 Å². The van der Waals surface area contributed by atoms with Crippen LogP contribution in [-0.2, 0) is 19.4 Å². The fourth-order valence-electron chi connectivity index (χ4n) is 2.08. The van der Waals surface area contributed by atoms with Gasteiger partial charge in [0.05, 0.1) is 6.54 Å². The first-order valence-corrected chi connectivity index (χ1v) is 7.91. The number of aliphatic imine (C=N–C) groups is 1. The normalized spacial score (nSPS) is 11.2. The molecule has 2 aromatic heterocycles. The average molecular weight is 448 g/mol. The van der Waals surface area contributed by atoms with Crippen molar-refractivity contribution in [3.63, 3.8) is 0 Å². The molecule has 0 aromatic carbocycles. The summed E-state index contributed by atoms with van der Waals surface area (Å²) >= 11 is 0. The maximum Gasteiger partial charge on any atom is 0.228 e. The first kappa shape index (κ1) is 20.3. The molecule has 9 nitrogen and oxygen atoms in total. The first-order chi connectivity index (χ1) is 11.2. The molecule has 0 spiro atoms. The van der Waals surface area contributed by atoms with Crippen molar-refractivity contribution in [3.05, 3.63) is 23.9 Å². The molecule has 2 rings (SSSR count). The van der Waals surface area contributed by atoms with Crippen LogP contribution in [0.15, 0.2) is 15.8 Å². The third-order valence-corrected chi connectivity index (χ3v) is 3.17. The van der Waals surface area contributed by atoms with E-state index in [0.29, 0.717) is 24.7 Å². The Morgan fingerprint density at radius 1 is 1.33 bits per heavy atom. The third kappa shape index (κ3) is 6.42. The van der Waals surface area contributed by atoms with Crippen LogP contribution in [-0.4, -0.2) is 50.5 Å². The van der Waals surface area contributed by atoms with Gasteiger partial charge in [-0.15, -0.1) is 34.2 Å². The Morgan fingerprint density at radius 2 is 2.17 bits per heavy atom. The Balaban J connectivity index is 0.00000288. The third-order valence-electron chi connectivity index (χ3n) is 3.17. The van der Waals surface area contributed by atoms with Crippen LogP contribution in [0.2, 0.25) is 0 Å². The standard InChI is InChI=1S/C14H24N8O.HI/c1-4-12-20-18-10-22(12)9-8-17-14(15-5-2)16-7-6-13-19-11(3)21-23-13;/h10H,4-9H2,1-3H3,(H2,15,16,17);1H. The van der Waals surface area contributed by atoms with Gasteiger partial charge in [-0.05, 0) is 13.8 Å². The maximum absolute atomic E-state index is 5.07. The van der Waals surface area contributed by atoms with Gasteiger partial charge in [0.1, 0.15) is 12.2 Å². The van der Waals surface area contributed by atoms with Crippen LogP contribution in [0.25, 0.3) is 0 Å². The van der Waals surface area contributed by atoms with Gasteiger partial charge in [-0.2, -0.15) is 4.98 Å². The Kier molecular flexibility index (Phi) is 9.27. The highest BCUT2D eigenvalue weighted by Crippen LogP contribution is 1.97. The van der Waals surface area contributed by atoms with Crippen molar-refractivity contribution in [2.24, 2.45) is 4.99 Å². The number of hydrogen-bond acceptors (Lipinski definition) is 6. The minimum atomic E-state index is 0. The zero-order chi connectivity index (χ0) is 16.5. The van der Waals surface area contributed by atoms with Crippen LogP contribution in [0.4, 0.5) is 0 Å². The smallest absolute Gasteiger partial charge is 0.228 e. The molecule has 24 heavy (non-hydrogen) atoms. The highest BCUT2D eigenvalue weighted by Gasteiger charge is 2.04. The molecule has 0 radical (unpaired) electrons. The Hall–Kier alpha value is -1.72. The molecule has 0 aliphatic carbocycles. The van der Waals surface area contributed by atoms with Crippen molar-refractivity contribution < 1.29 is 4.52 Å². The van der Waals surface area contributed by atoms with E-state index in [1.165, 1.54) is 0 Å². The van der Waals surface area contributed by atoms with Gasteiger partial charge < -0.3 is 19.7 Å². The number of aromatic nitrogens is 5. The number of nitrogens with zero attached hydrogens (tertiary/aromatic N) is 6. The van der Waals surface area contributed by atoms with Crippen LogP contribution in [0.3, 0.4) is 0 Å². The highest BCUT2D eigenvalue weighted by atomic mass is 127. The fourth-order valence-corrected chi connectivity index (χ4v) is 2.08. The van der Waals surface area contributed by atoms with Crippen LogP contribution in [0, 0.1) is 6.92 Å². The van der Waals surface area contributed by atoms with Gasteiger partial charge in [-0.1, -0.05) is 12.1 Å². The number of halogens is 1. The van der Waals surface area contributed by atoms with Crippen molar-refractivity contribution in [2.75, 3.05) is 19.6 Å². The van der Waals surface area contributed by atoms with Crippen molar-refractivity contribution in [3.8, 4) is 0 Å². The highest BCUT2D eigenvalue weighted by molar-refractivity contribution is 14.0. The van der Waals surface area contributed by atoms with E-state index in [2.05, 4.69) is 42.9 Å². The average Bonchev–Trinajstić information content (AvgIpc) is 3.16. The molecule has 0 aliphatic rings. The lowest BCUT2D eigenvalue weighted by atomic mass is 10.4. The second kappa shape index (κ2) is 10.9. The maximum atomic E-state index is 5.07. The van der Waals surface area contributed by atoms with Crippen LogP contribution >= 0.6 is 24.0 Å². The van der Waals surface area contributed by atoms with Gasteiger partial charge >= 0.3 is 0 Å². The molecule has 2 heterocycles. The Morgan fingerprint density at radius 3 is 2.83 bits per heavy atom. The van der Waals surface area contributed by atoms with Crippen molar-refractivity contribution in [1.29, 1.82) is 0 Å². The minimum absolute atomic E-state index is 0. The summed E-state index contributed by atoms with van der Waals surface area (Å²) in [4.78, 5) is 8.67. The summed E-state index contributed by atoms with van der Waals surface area (Å²) in [6, 6.07) is 0. The van der Waals surface area contributed by atoms with Crippen LogP contribution in [0.1, 0.15) is 31.4 Å². The van der Waals surface area contributed by atoms with Crippen molar-refractivity contribution >= 4 is 29.9 Å². The zero-order valence-corrected chi connectivity index (χ0v) is 16.7. The summed E-state index contributed by atoms with van der Waals surface area (Å²) in [5, 5.41) is 18.3. The molecule has 134 valence electrons. The predicted molar refractivity (Wildman–Crippen MR) is 102 cm³/mol. The van der Waals surface area contributed by atoms with Crippen molar-refractivity contribution in [1.82, 2.24) is 35.5 Å². The number of rotatable bonds is 8. The number of aryl methyl sites for hydroxylation is 2. The second-order valence-electron chi connectivity index (χ2n) is 4.97. The number of nitrogens with one attached hydrogen (secondary N) is 2. The molecule has 0 atom stereocenters.